The maximum atomic E-state index is 12.1. The number of aromatic nitrogens is 2. The minimum atomic E-state index is -0.296. The van der Waals surface area contributed by atoms with Gasteiger partial charge < -0.3 is 9.84 Å². The van der Waals surface area contributed by atoms with Crippen molar-refractivity contribution in [2.24, 2.45) is 0 Å². The number of hydrogen-bond acceptors (Lipinski definition) is 5. The average Bonchev–Trinajstić information content (AvgIpc) is 3.06. The van der Waals surface area contributed by atoms with Crippen molar-refractivity contribution in [2.75, 3.05) is 0 Å². The van der Waals surface area contributed by atoms with Crippen molar-refractivity contribution >= 4 is 5.91 Å². The number of carbonyl (C=O) groups excluding carboxylic acids is 1. The Bertz CT molecular complexity index is 694. The zero-order valence-corrected chi connectivity index (χ0v) is 12.1. The molecule has 1 aliphatic carbocycles. The van der Waals surface area contributed by atoms with Gasteiger partial charge in [0.2, 0.25) is 0 Å². The molecule has 0 atom stereocenters. The van der Waals surface area contributed by atoms with Crippen LogP contribution in [0.1, 0.15) is 48.3 Å². The summed E-state index contributed by atoms with van der Waals surface area (Å²) in [6, 6.07) is 9.02. The molecule has 0 saturated heterocycles. The molecule has 1 saturated carbocycles. The van der Waals surface area contributed by atoms with E-state index in [4.69, 9.17) is 9.78 Å². The molecule has 6 nitrogen and oxygen atoms in total. The van der Waals surface area contributed by atoms with Crippen LogP contribution in [0.4, 0.5) is 0 Å². The van der Waals surface area contributed by atoms with Gasteiger partial charge in [-0.05, 0) is 37.1 Å². The van der Waals surface area contributed by atoms with E-state index in [1.54, 1.807) is 24.3 Å². The van der Waals surface area contributed by atoms with E-state index in [0.29, 0.717) is 11.1 Å². The molecule has 1 aromatic carbocycles. The van der Waals surface area contributed by atoms with E-state index in [0.717, 1.165) is 25.7 Å². The van der Waals surface area contributed by atoms with Crippen molar-refractivity contribution in [3.05, 3.63) is 35.7 Å². The normalized spacial score (nSPS) is 15.2. The monoisotopic (exact) mass is 296 g/mol. The Kier molecular flexibility index (Phi) is 4.15. The van der Waals surface area contributed by atoms with Crippen molar-refractivity contribution in [3.63, 3.8) is 0 Å². The quantitative estimate of drug-likeness (QED) is 0.940. The summed E-state index contributed by atoms with van der Waals surface area (Å²) in [6.07, 6.45) is 5.54. The van der Waals surface area contributed by atoms with Gasteiger partial charge in [0.25, 0.3) is 17.6 Å². The lowest BCUT2D eigenvalue weighted by atomic mass is 9.95. The number of carbonyl (C=O) groups is 1. The molecule has 0 bridgehead atoms. The van der Waals surface area contributed by atoms with Gasteiger partial charge in [-0.2, -0.15) is 10.2 Å². The van der Waals surface area contributed by atoms with Crippen LogP contribution in [0, 0.1) is 11.3 Å². The maximum Gasteiger partial charge on any atom is 0.292 e. The van der Waals surface area contributed by atoms with Crippen LogP contribution in [0.5, 0.6) is 0 Å². The van der Waals surface area contributed by atoms with Gasteiger partial charge in [-0.1, -0.05) is 24.4 Å². The Hall–Kier alpha value is -2.68. The van der Waals surface area contributed by atoms with Crippen LogP contribution in [-0.2, 0) is 0 Å². The van der Waals surface area contributed by atoms with Gasteiger partial charge in [-0.15, -0.1) is 0 Å². The highest BCUT2D eigenvalue weighted by Crippen LogP contribution is 2.19. The molecule has 1 N–H and O–H groups in total. The standard InChI is InChI=1S/C16H16N4O2/c17-10-11-6-8-12(9-7-11)16-19-14(20-22-16)15(21)18-13-4-2-1-3-5-13/h6-9,13H,1-5H2,(H,18,21). The topological polar surface area (TPSA) is 91.8 Å². The predicted molar refractivity (Wildman–Crippen MR) is 78.8 cm³/mol. The second-order valence-electron chi connectivity index (χ2n) is 5.42. The van der Waals surface area contributed by atoms with E-state index in [1.165, 1.54) is 6.42 Å². The zero-order chi connectivity index (χ0) is 15.4. The van der Waals surface area contributed by atoms with Crippen LogP contribution in [0.2, 0.25) is 0 Å². The van der Waals surface area contributed by atoms with Gasteiger partial charge >= 0.3 is 0 Å². The maximum absolute atomic E-state index is 12.1. The smallest absolute Gasteiger partial charge is 0.292 e. The molecule has 3 rings (SSSR count). The number of nitrogens with one attached hydrogen (secondary N) is 1. The first-order chi connectivity index (χ1) is 10.8. The van der Waals surface area contributed by atoms with Crippen molar-refractivity contribution < 1.29 is 9.32 Å². The molecule has 1 amide bonds. The first kappa shape index (κ1) is 14.3. The summed E-state index contributed by atoms with van der Waals surface area (Å²) in [4.78, 5) is 16.2. The van der Waals surface area contributed by atoms with Gasteiger partial charge in [0, 0.05) is 11.6 Å². The molecule has 22 heavy (non-hydrogen) atoms. The van der Waals surface area contributed by atoms with Crippen LogP contribution < -0.4 is 5.32 Å². The van der Waals surface area contributed by atoms with Crippen LogP contribution in [0.3, 0.4) is 0 Å². The summed E-state index contributed by atoms with van der Waals surface area (Å²) in [6.45, 7) is 0. The van der Waals surface area contributed by atoms with E-state index >= 15 is 0 Å². The summed E-state index contributed by atoms with van der Waals surface area (Å²) in [7, 11) is 0. The molecular formula is C16H16N4O2. The molecule has 6 heteroatoms. The molecule has 112 valence electrons. The third-order valence-electron chi connectivity index (χ3n) is 3.83. The summed E-state index contributed by atoms with van der Waals surface area (Å²) in [5.41, 5.74) is 1.24. The van der Waals surface area contributed by atoms with Crippen LogP contribution >= 0.6 is 0 Å². The number of nitrogens with zero attached hydrogens (tertiary/aromatic N) is 3. The second-order valence-corrected chi connectivity index (χ2v) is 5.42. The van der Waals surface area contributed by atoms with E-state index in [-0.39, 0.29) is 23.7 Å². The Morgan fingerprint density at radius 2 is 1.95 bits per heavy atom. The summed E-state index contributed by atoms with van der Waals surface area (Å²) >= 11 is 0. The number of hydrogen-bond donors (Lipinski definition) is 1. The molecule has 1 heterocycles. The lowest BCUT2D eigenvalue weighted by molar-refractivity contribution is 0.0914. The third-order valence-corrected chi connectivity index (χ3v) is 3.83. The SMILES string of the molecule is N#Cc1ccc(-c2nc(C(=O)NC3CCCCC3)no2)cc1. The number of nitriles is 1. The highest BCUT2D eigenvalue weighted by molar-refractivity contribution is 5.90. The first-order valence-corrected chi connectivity index (χ1v) is 7.41. The highest BCUT2D eigenvalue weighted by Gasteiger charge is 2.20. The van der Waals surface area contributed by atoms with Crippen molar-refractivity contribution in [1.82, 2.24) is 15.5 Å². The van der Waals surface area contributed by atoms with E-state index < -0.39 is 0 Å². The Morgan fingerprint density at radius 3 is 2.64 bits per heavy atom. The number of rotatable bonds is 3. The second kappa shape index (κ2) is 6.39. The molecule has 1 aromatic heterocycles. The predicted octanol–water partition coefficient (Wildman–Crippen LogP) is 2.67. The Balaban J connectivity index is 1.69. The lowest BCUT2D eigenvalue weighted by Crippen LogP contribution is -2.36. The van der Waals surface area contributed by atoms with Crippen molar-refractivity contribution in [1.29, 1.82) is 5.26 Å². The molecule has 1 aliphatic rings. The van der Waals surface area contributed by atoms with Gasteiger partial charge in [0.1, 0.15) is 0 Å². The minimum Gasteiger partial charge on any atom is -0.346 e. The zero-order valence-electron chi connectivity index (χ0n) is 12.1. The molecule has 0 unspecified atom stereocenters. The van der Waals surface area contributed by atoms with Crippen molar-refractivity contribution in [2.45, 2.75) is 38.1 Å². The van der Waals surface area contributed by atoms with E-state index in [9.17, 15) is 4.79 Å². The lowest BCUT2D eigenvalue weighted by Gasteiger charge is -2.21. The van der Waals surface area contributed by atoms with Gasteiger partial charge in [0.15, 0.2) is 0 Å². The van der Waals surface area contributed by atoms with Crippen LogP contribution in [0.25, 0.3) is 11.5 Å². The largest absolute Gasteiger partial charge is 0.346 e. The molecule has 1 fully saturated rings. The first-order valence-electron chi connectivity index (χ1n) is 7.41. The molecule has 0 radical (unpaired) electrons. The summed E-state index contributed by atoms with van der Waals surface area (Å²) in [5.74, 6) is 0.0266. The third kappa shape index (κ3) is 3.14. The Morgan fingerprint density at radius 1 is 1.23 bits per heavy atom. The van der Waals surface area contributed by atoms with Gasteiger partial charge in [-0.3, -0.25) is 4.79 Å². The van der Waals surface area contributed by atoms with Crippen molar-refractivity contribution in [3.8, 4) is 17.5 Å². The van der Waals surface area contributed by atoms with Crippen LogP contribution in [0.15, 0.2) is 28.8 Å². The number of amides is 1. The number of benzene rings is 1. The summed E-state index contributed by atoms with van der Waals surface area (Å²) < 4.78 is 5.13. The van der Waals surface area contributed by atoms with Gasteiger partial charge in [0.05, 0.1) is 11.6 Å². The fourth-order valence-corrected chi connectivity index (χ4v) is 2.62. The molecular weight excluding hydrogens is 280 g/mol. The fraction of sp³-hybridized carbons (Fsp3) is 0.375. The minimum absolute atomic E-state index is 0.0462. The van der Waals surface area contributed by atoms with E-state index in [2.05, 4.69) is 15.5 Å². The average molecular weight is 296 g/mol. The van der Waals surface area contributed by atoms with Gasteiger partial charge in [-0.25, -0.2) is 0 Å². The molecule has 0 aliphatic heterocycles. The van der Waals surface area contributed by atoms with Crippen LogP contribution in [-0.4, -0.2) is 22.1 Å². The van der Waals surface area contributed by atoms with E-state index in [1.807, 2.05) is 6.07 Å². The highest BCUT2D eigenvalue weighted by atomic mass is 16.5. The Labute approximate surface area is 128 Å². The molecule has 2 aromatic rings. The molecule has 0 spiro atoms. The fourth-order valence-electron chi connectivity index (χ4n) is 2.62. The summed E-state index contributed by atoms with van der Waals surface area (Å²) in [5, 5.41) is 15.5.